The molecular formula is C13H16FNO2. The summed E-state index contributed by atoms with van der Waals surface area (Å²) in [5.41, 5.74) is 0.806. The first-order chi connectivity index (χ1) is 8.20. The van der Waals surface area contributed by atoms with E-state index in [0.717, 1.165) is 18.4 Å². The van der Waals surface area contributed by atoms with Gasteiger partial charge in [0.25, 0.3) is 0 Å². The molecule has 17 heavy (non-hydrogen) atoms. The second-order valence-corrected chi connectivity index (χ2v) is 4.37. The molecule has 1 aliphatic heterocycles. The molecule has 1 aromatic carbocycles. The molecule has 1 N–H and O–H groups in total. The second-order valence-electron chi connectivity index (χ2n) is 4.37. The molecule has 2 rings (SSSR count). The third kappa shape index (κ3) is 2.82. The summed E-state index contributed by atoms with van der Waals surface area (Å²) in [6.45, 7) is 0.737. The summed E-state index contributed by atoms with van der Waals surface area (Å²) >= 11 is 0. The number of amides is 1. The molecule has 0 aromatic heterocycles. The first-order valence-electron chi connectivity index (χ1n) is 5.85. The Morgan fingerprint density at radius 1 is 1.41 bits per heavy atom. The van der Waals surface area contributed by atoms with Gasteiger partial charge in [-0.05, 0) is 30.5 Å². The number of hydrogen-bond donors (Lipinski definition) is 1. The largest absolute Gasteiger partial charge is 0.394 e. The van der Waals surface area contributed by atoms with Gasteiger partial charge in [-0.1, -0.05) is 12.1 Å². The molecule has 1 heterocycles. The monoisotopic (exact) mass is 237 g/mol. The fourth-order valence-corrected chi connectivity index (χ4v) is 2.23. The molecule has 1 atom stereocenters. The first-order valence-corrected chi connectivity index (χ1v) is 5.85. The highest BCUT2D eigenvalue weighted by atomic mass is 19.1. The summed E-state index contributed by atoms with van der Waals surface area (Å²) in [4.78, 5) is 13.7. The van der Waals surface area contributed by atoms with Crippen LogP contribution >= 0.6 is 0 Å². The van der Waals surface area contributed by atoms with Crippen LogP contribution < -0.4 is 0 Å². The maximum absolute atomic E-state index is 12.7. The summed E-state index contributed by atoms with van der Waals surface area (Å²) in [5.74, 6) is -0.288. The Bertz CT molecular complexity index is 391. The number of rotatable bonds is 3. The molecule has 1 aromatic rings. The van der Waals surface area contributed by atoms with Gasteiger partial charge >= 0.3 is 0 Å². The van der Waals surface area contributed by atoms with Crippen LogP contribution in [0.1, 0.15) is 18.4 Å². The van der Waals surface area contributed by atoms with Gasteiger partial charge in [-0.3, -0.25) is 4.79 Å². The Balaban J connectivity index is 1.99. The van der Waals surface area contributed by atoms with E-state index in [1.54, 1.807) is 17.0 Å². The molecule has 3 nitrogen and oxygen atoms in total. The third-order valence-corrected chi connectivity index (χ3v) is 3.18. The van der Waals surface area contributed by atoms with E-state index in [1.807, 2.05) is 0 Å². The van der Waals surface area contributed by atoms with Crippen molar-refractivity contribution in [3.63, 3.8) is 0 Å². The predicted octanol–water partition coefficient (Wildman–Crippen LogP) is 1.35. The van der Waals surface area contributed by atoms with E-state index in [2.05, 4.69) is 0 Å². The van der Waals surface area contributed by atoms with Gasteiger partial charge in [0.2, 0.25) is 5.91 Å². The zero-order valence-corrected chi connectivity index (χ0v) is 9.60. The molecule has 0 spiro atoms. The van der Waals surface area contributed by atoms with Crippen LogP contribution in [0.4, 0.5) is 4.39 Å². The van der Waals surface area contributed by atoms with Crippen LogP contribution in [-0.4, -0.2) is 35.1 Å². The number of likely N-dealkylation sites (tertiary alicyclic amines) is 1. The topological polar surface area (TPSA) is 40.5 Å². The van der Waals surface area contributed by atoms with E-state index in [4.69, 9.17) is 5.11 Å². The Kier molecular flexibility index (Phi) is 3.74. The smallest absolute Gasteiger partial charge is 0.227 e. The fourth-order valence-electron chi connectivity index (χ4n) is 2.23. The molecular weight excluding hydrogens is 221 g/mol. The van der Waals surface area contributed by atoms with Crippen molar-refractivity contribution in [1.29, 1.82) is 0 Å². The maximum atomic E-state index is 12.7. The summed E-state index contributed by atoms with van der Waals surface area (Å²) in [7, 11) is 0. The van der Waals surface area contributed by atoms with Crippen molar-refractivity contribution in [3.05, 3.63) is 35.6 Å². The lowest BCUT2D eigenvalue weighted by Crippen LogP contribution is -2.38. The number of hydrogen-bond acceptors (Lipinski definition) is 2. The Morgan fingerprint density at radius 2 is 2.12 bits per heavy atom. The number of aliphatic hydroxyl groups excluding tert-OH is 1. The fraction of sp³-hybridized carbons (Fsp3) is 0.462. The van der Waals surface area contributed by atoms with Crippen molar-refractivity contribution >= 4 is 5.91 Å². The predicted molar refractivity (Wildman–Crippen MR) is 61.9 cm³/mol. The van der Waals surface area contributed by atoms with Gasteiger partial charge < -0.3 is 10.0 Å². The van der Waals surface area contributed by atoms with Crippen LogP contribution in [0, 0.1) is 5.82 Å². The van der Waals surface area contributed by atoms with E-state index in [-0.39, 0.29) is 30.8 Å². The van der Waals surface area contributed by atoms with E-state index in [9.17, 15) is 9.18 Å². The number of aliphatic hydroxyl groups is 1. The van der Waals surface area contributed by atoms with Crippen molar-refractivity contribution in [3.8, 4) is 0 Å². The van der Waals surface area contributed by atoms with Gasteiger partial charge in [0, 0.05) is 6.54 Å². The summed E-state index contributed by atoms with van der Waals surface area (Å²) in [5, 5.41) is 9.14. The second kappa shape index (κ2) is 5.27. The molecule has 1 saturated heterocycles. The maximum Gasteiger partial charge on any atom is 0.227 e. The van der Waals surface area contributed by atoms with Crippen molar-refractivity contribution in [1.82, 2.24) is 4.90 Å². The van der Waals surface area contributed by atoms with Gasteiger partial charge in [-0.2, -0.15) is 0 Å². The molecule has 4 heteroatoms. The van der Waals surface area contributed by atoms with Crippen LogP contribution in [0.25, 0.3) is 0 Å². The van der Waals surface area contributed by atoms with Crippen molar-refractivity contribution in [2.24, 2.45) is 0 Å². The zero-order valence-electron chi connectivity index (χ0n) is 9.60. The van der Waals surface area contributed by atoms with Gasteiger partial charge in [-0.15, -0.1) is 0 Å². The average molecular weight is 237 g/mol. The molecule has 1 aliphatic rings. The van der Waals surface area contributed by atoms with Crippen molar-refractivity contribution in [2.75, 3.05) is 13.2 Å². The Morgan fingerprint density at radius 3 is 2.76 bits per heavy atom. The molecule has 0 aliphatic carbocycles. The first kappa shape index (κ1) is 12.0. The lowest BCUT2D eigenvalue weighted by molar-refractivity contribution is -0.131. The third-order valence-electron chi connectivity index (χ3n) is 3.18. The standard InChI is InChI=1S/C13H16FNO2/c14-11-5-3-10(4-6-11)8-13(17)15-7-1-2-12(15)9-16/h3-6,12,16H,1-2,7-9H2/t12-/m1/s1. The van der Waals surface area contributed by atoms with Crippen molar-refractivity contribution < 1.29 is 14.3 Å². The lowest BCUT2D eigenvalue weighted by Gasteiger charge is -2.23. The van der Waals surface area contributed by atoms with Gasteiger partial charge in [0.05, 0.1) is 19.1 Å². The SMILES string of the molecule is O=C(Cc1ccc(F)cc1)N1CCC[C@@H]1CO. The molecule has 0 saturated carbocycles. The van der Waals surface area contributed by atoms with Gasteiger partial charge in [-0.25, -0.2) is 4.39 Å². The molecule has 92 valence electrons. The number of carbonyl (C=O) groups excluding carboxylic acids is 1. The van der Waals surface area contributed by atoms with Crippen LogP contribution in [0.2, 0.25) is 0 Å². The van der Waals surface area contributed by atoms with Crippen LogP contribution in [0.5, 0.6) is 0 Å². The quantitative estimate of drug-likeness (QED) is 0.862. The molecule has 0 radical (unpaired) electrons. The van der Waals surface area contributed by atoms with Crippen molar-refractivity contribution in [2.45, 2.75) is 25.3 Å². The number of carbonyl (C=O) groups is 1. The minimum absolute atomic E-state index is 0.00755. The van der Waals surface area contributed by atoms with Crippen LogP contribution in [0.3, 0.4) is 0 Å². The minimum Gasteiger partial charge on any atom is -0.394 e. The molecule has 0 bridgehead atoms. The lowest BCUT2D eigenvalue weighted by atomic mass is 10.1. The van der Waals surface area contributed by atoms with Gasteiger partial charge in [0.15, 0.2) is 0 Å². The highest BCUT2D eigenvalue weighted by Crippen LogP contribution is 2.18. The van der Waals surface area contributed by atoms with Crippen LogP contribution in [0.15, 0.2) is 24.3 Å². The zero-order chi connectivity index (χ0) is 12.3. The summed E-state index contributed by atoms with van der Waals surface area (Å²) < 4.78 is 12.7. The molecule has 1 fully saturated rings. The van der Waals surface area contributed by atoms with Gasteiger partial charge in [0.1, 0.15) is 5.82 Å². The molecule has 0 unspecified atom stereocenters. The number of halogens is 1. The highest BCUT2D eigenvalue weighted by molar-refractivity contribution is 5.79. The van der Waals surface area contributed by atoms with E-state index in [0.29, 0.717) is 6.54 Å². The minimum atomic E-state index is -0.296. The summed E-state index contributed by atoms with van der Waals surface area (Å²) in [6.07, 6.45) is 2.09. The van der Waals surface area contributed by atoms with E-state index >= 15 is 0 Å². The van der Waals surface area contributed by atoms with Crippen LogP contribution in [-0.2, 0) is 11.2 Å². The summed E-state index contributed by atoms with van der Waals surface area (Å²) in [6, 6.07) is 5.92. The number of benzene rings is 1. The normalized spacial score (nSPS) is 19.6. The highest BCUT2D eigenvalue weighted by Gasteiger charge is 2.27. The number of nitrogens with zero attached hydrogens (tertiary/aromatic N) is 1. The molecule has 1 amide bonds. The van der Waals surface area contributed by atoms with E-state index < -0.39 is 0 Å². The Hall–Kier alpha value is -1.42. The average Bonchev–Trinajstić information content (AvgIpc) is 2.80. The Labute approximate surface area is 99.9 Å². The van der Waals surface area contributed by atoms with E-state index in [1.165, 1.54) is 12.1 Å².